The number of rotatable bonds is 4. The standard InChI is InChI=1S/C17H25ClN2O2/c1-13-11-15(12-14(2)16(13)18)22-10-7-19-17(21)20-8-5-3-4-6-9-20/h11-12H,3-10H2,1-2H3,(H,19,21). The van der Waals surface area contributed by atoms with Crippen molar-refractivity contribution in [3.05, 3.63) is 28.3 Å². The van der Waals surface area contributed by atoms with Gasteiger partial charge in [0, 0.05) is 18.1 Å². The highest BCUT2D eigenvalue weighted by Crippen LogP contribution is 2.25. The topological polar surface area (TPSA) is 41.6 Å². The first-order valence-electron chi connectivity index (χ1n) is 8.00. The summed E-state index contributed by atoms with van der Waals surface area (Å²) in [5.74, 6) is 0.795. The van der Waals surface area contributed by atoms with Crippen LogP contribution in [0, 0.1) is 13.8 Å². The maximum Gasteiger partial charge on any atom is 0.317 e. The number of benzene rings is 1. The maximum atomic E-state index is 12.1. The van der Waals surface area contributed by atoms with Crippen LogP contribution >= 0.6 is 11.6 Å². The summed E-state index contributed by atoms with van der Waals surface area (Å²) < 4.78 is 5.69. The van der Waals surface area contributed by atoms with Gasteiger partial charge in [0.25, 0.3) is 0 Å². The van der Waals surface area contributed by atoms with Gasteiger partial charge in [-0.05, 0) is 49.9 Å². The average Bonchev–Trinajstić information content (AvgIpc) is 2.78. The van der Waals surface area contributed by atoms with Crippen molar-refractivity contribution in [2.24, 2.45) is 0 Å². The van der Waals surface area contributed by atoms with Crippen LogP contribution in [-0.2, 0) is 0 Å². The van der Waals surface area contributed by atoms with Crippen molar-refractivity contribution in [1.29, 1.82) is 0 Å². The van der Waals surface area contributed by atoms with Crippen molar-refractivity contribution < 1.29 is 9.53 Å². The number of nitrogens with one attached hydrogen (secondary N) is 1. The quantitative estimate of drug-likeness (QED) is 0.853. The number of nitrogens with zero attached hydrogens (tertiary/aromatic N) is 1. The van der Waals surface area contributed by atoms with E-state index in [2.05, 4.69) is 5.32 Å². The van der Waals surface area contributed by atoms with E-state index in [9.17, 15) is 4.79 Å². The molecular formula is C17H25ClN2O2. The molecule has 5 heteroatoms. The number of amides is 2. The van der Waals surface area contributed by atoms with Crippen molar-refractivity contribution in [1.82, 2.24) is 10.2 Å². The third kappa shape index (κ3) is 4.80. The number of hydrogen-bond acceptors (Lipinski definition) is 2. The molecule has 0 radical (unpaired) electrons. The van der Waals surface area contributed by atoms with E-state index in [1.54, 1.807) is 0 Å². The molecule has 22 heavy (non-hydrogen) atoms. The van der Waals surface area contributed by atoms with Gasteiger partial charge in [0.2, 0.25) is 0 Å². The van der Waals surface area contributed by atoms with Crippen LogP contribution in [0.25, 0.3) is 0 Å². The fourth-order valence-corrected chi connectivity index (χ4v) is 2.81. The molecule has 1 aliphatic rings. The predicted molar refractivity (Wildman–Crippen MR) is 89.9 cm³/mol. The number of halogens is 1. The van der Waals surface area contributed by atoms with Crippen molar-refractivity contribution in [2.45, 2.75) is 39.5 Å². The third-order valence-electron chi connectivity index (χ3n) is 3.95. The highest BCUT2D eigenvalue weighted by Gasteiger charge is 2.14. The minimum Gasteiger partial charge on any atom is -0.492 e. The smallest absolute Gasteiger partial charge is 0.317 e. The van der Waals surface area contributed by atoms with Gasteiger partial charge < -0.3 is 15.0 Å². The molecule has 0 spiro atoms. The summed E-state index contributed by atoms with van der Waals surface area (Å²) >= 11 is 6.13. The van der Waals surface area contributed by atoms with Gasteiger partial charge in [-0.1, -0.05) is 24.4 Å². The Hall–Kier alpha value is -1.42. The summed E-state index contributed by atoms with van der Waals surface area (Å²) in [6, 6.07) is 3.87. The van der Waals surface area contributed by atoms with Crippen LogP contribution in [0.5, 0.6) is 5.75 Å². The molecule has 0 aliphatic carbocycles. The average molecular weight is 325 g/mol. The van der Waals surface area contributed by atoms with Gasteiger partial charge in [-0.25, -0.2) is 4.79 Å². The molecule has 1 saturated heterocycles. The Morgan fingerprint density at radius 3 is 2.36 bits per heavy atom. The normalized spacial score (nSPS) is 15.3. The monoisotopic (exact) mass is 324 g/mol. The first kappa shape index (κ1) is 16.9. The predicted octanol–water partition coefficient (Wildman–Crippen LogP) is 3.92. The maximum absolute atomic E-state index is 12.1. The Labute approximate surface area is 137 Å². The van der Waals surface area contributed by atoms with Crippen LogP contribution in [0.3, 0.4) is 0 Å². The molecule has 1 N–H and O–H groups in total. The van der Waals surface area contributed by atoms with Gasteiger partial charge in [-0.15, -0.1) is 0 Å². The molecular weight excluding hydrogens is 300 g/mol. The van der Waals surface area contributed by atoms with E-state index in [-0.39, 0.29) is 6.03 Å². The summed E-state index contributed by atoms with van der Waals surface area (Å²) in [7, 11) is 0. The largest absolute Gasteiger partial charge is 0.492 e. The second kappa shape index (κ2) is 8.28. The lowest BCUT2D eigenvalue weighted by Crippen LogP contribution is -2.41. The first-order valence-corrected chi connectivity index (χ1v) is 8.38. The van der Waals surface area contributed by atoms with Gasteiger partial charge in [0.15, 0.2) is 0 Å². The van der Waals surface area contributed by atoms with Gasteiger partial charge in [-0.3, -0.25) is 0 Å². The Kier molecular flexibility index (Phi) is 6.37. The summed E-state index contributed by atoms with van der Waals surface area (Å²) in [5, 5.41) is 3.71. The number of aryl methyl sites for hydroxylation is 2. The zero-order valence-corrected chi connectivity index (χ0v) is 14.2. The lowest BCUT2D eigenvalue weighted by atomic mass is 10.1. The molecule has 1 aromatic rings. The fourth-order valence-electron chi connectivity index (χ4n) is 2.70. The summed E-state index contributed by atoms with van der Waals surface area (Å²) in [4.78, 5) is 14.0. The second-order valence-corrected chi connectivity index (χ2v) is 6.23. The molecule has 2 rings (SSSR count). The molecule has 0 atom stereocenters. The molecule has 0 unspecified atom stereocenters. The number of likely N-dealkylation sites (tertiary alicyclic amines) is 1. The molecule has 122 valence electrons. The van der Waals surface area contributed by atoms with Crippen molar-refractivity contribution in [2.75, 3.05) is 26.2 Å². The van der Waals surface area contributed by atoms with Crippen LogP contribution < -0.4 is 10.1 Å². The second-order valence-electron chi connectivity index (χ2n) is 5.85. The van der Waals surface area contributed by atoms with Crippen LogP contribution in [0.1, 0.15) is 36.8 Å². The van der Waals surface area contributed by atoms with Crippen LogP contribution in [0.4, 0.5) is 4.79 Å². The highest BCUT2D eigenvalue weighted by molar-refractivity contribution is 6.32. The van der Waals surface area contributed by atoms with Crippen molar-refractivity contribution in [3.8, 4) is 5.75 Å². The zero-order chi connectivity index (χ0) is 15.9. The van der Waals surface area contributed by atoms with E-state index in [4.69, 9.17) is 16.3 Å². The molecule has 1 heterocycles. The Morgan fingerprint density at radius 1 is 1.18 bits per heavy atom. The SMILES string of the molecule is Cc1cc(OCCNC(=O)N2CCCCCC2)cc(C)c1Cl. The molecule has 2 amide bonds. The van der Waals surface area contributed by atoms with Gasteiger partial charge in [0.1, 0.15) is 12.4 Å². The lowest BCUT2D eigenvalue weighted by molar-refractivity contribution is 0.196. The number of carbonyl (C=O) groups is 1. The van der Waals surface area contributed by atoms with Crippen molar-refractivity contribution >= 4 is 17.6 Å². The molecule has 0 bridgehead atoms. The number of hydrogen-bond donors (Lipinski definition) is 1. The van der Waals surface area contributed by atoms with E-state index in [0.29, 0.717) is 13.2 Å². The molecule has 1 aromatic carbocycles. The van der Waals surface area contributed by atoms with Gasteiger partial charge in [-0.2, -0.15) is 0 Å². The van der Waals surface area contributed by atoms with E-state index < -0.39 is 0 Å². The molecule has 0 saturated carbocycles. The minimum atomic E-state index is 0.0222. The molecule has 1 fully saturated rings. The summed E-state index contributed by atoms with van der Waals surface area (Å²) in [6.07, 6.45) is 4.66. The third-order valence-corrected chi connectivity index (χ3v) is 4.55. The molecule has 1 aliphatic heterocycles. The molecule has 4 nitrogen and oxygen atoms in total. The van der Waals surface area contributed by atoms with Gasteiger partial charge >= 0.3 is 6.03 Å². The van der Waals surface area contributed by atoms with Crippen LogP contribution in [0.15, 0.2) is 12.1 Å². The van der Waals surface area contributed by atoms with E-state index in [1.807, 2.05) is 30.9 Å². The number of carbonyl (C=O) groups excluding carboxylic acids is 1. The summed E-state index contributed by atoms with van der Waals surface area (Å²) in [6.45, 7) is 6.62. The minimum absolute atomic E-state index is 0.0222. The first-order chi connectivity index (χ1) is 10.6. The fraction of sp³-hybridized carbons (Fsp3) is 0.588. The zero-order valence-electron chi connectivity index (χ0n) is 13.5. The van der Waals surface area contributed by atoms with E-state index in [1.165, 1.54) is 12.8 Å². The summed E-state index contributed by atoms with van der Waals surface area (Å²) in [5.41, 5.74) is 2.01. The number of urea groups is 1. The van der Waals surface area contributed by atoms with Crippen LogP contribution in [0.2, 0.25) is 5.02 Å². The Bertz CT molecular complexity index is 488. The Morgan fingerprint density at radius 2 is 1.77 bits per heavy atom. The lowest BCUT2D eigenvalue weighted by Gasteiger charge is -2.20. The van der Waals surface area contributed by atoms with E-state index in [0.717, 1.165) is 47.8 Å². The Balaban J connectivity index is 1.73. The van der Waals surface area contributed by atoms with E-state index >= 15 is 0 Å². The van der Waals surface area contributed by atoms with Crippen LogP contribution in [-0.4, -0.2) is 37.2 Å². The van der Waals surface area contributed by atoms with Crippen molar-refractivity contribution in [3.63, 3.8) is 0 Å². The highest BCUT2D eigenvalue weighted by atomic mass is 35.5. The number of ether oxygens (including phenoxy) is 1. The molecule has 0 aromatic heterocycles. The van der Waals surface area contributed by atoms with Gasteiger partial charge in [0.05, 0.1) is 6.54 Å².